The van der Waals surface area contributed by atoms with E-state index in [1.165, 1.54) is 6.26 Å². The molecule has 110 valence electrons. The van der Waals surface area contributed by atoms with Crippen LogP contribution in [0.5, 0.6) is 0 Å². The molecule has 0 bridgehead atoms. The van der Waals surface area contributed by atoms with E-state index in [2.05, 4.69) is 5.16 Å². The van der Waals surface area contributed by atoms with Gasteiger partial charge in [0.1, 0.15) is 17.5 Å². The van der Waals surface area contributed by atoms with Gasteiger partial charge in [-0.15, -0.1) is 0 Å². The van der Waals surface area contributed by atoms with Gasteiger partial charge in [-0.3, -0.25) is 4.79 Å². The summed E-state index contributed by atoms with van der Waals surface area (Å²) in [6, 6.07) is 7.17. The summed E-state index contributed by atoms with van der Waals surface area (Å²) >= 11 is 5.88. The van der Waals surface area contributed by atoms with Crippen molar-refractivity contribution in [3.63, 3.8) is 0 Å². The van der Waals surface area contributed by atoms with Gasteiger partial charge >= 0.3 is 0 Å². The molecule has 0 spiro atoms. The first-order valence-corrected chi connectivity index (χ1v) is 7.26. The van der Waals surface area contributed by atoms with Crippen LogP contribution in [0.25, 0.3) is 11.3 Å². The molecule has 0 unspecified atom stereocenters. The molecule has 0 radical (unpaired) electrons. The van der Waals surface area contributed by atoms with Gasteiger partial charge in [-0.2, -0.15) is 0 Å². The quantitative estimate of drug-likeness (QED) is 0.945. The summed E-state index contributed by atoms with van der Waals surface area (Å²) in [4.78, 5) is 14.4. The van der Waals surface area contributed by atoms with Crippen molar-refractivity contribution >= 4 is 17.5 Å². The first-order chi connectivity index (χ1) is 10.2. The number of halogens is 1. The van der Waals surface area contributed by atoms with Gasteiger partial charge in [-0.1, -0.05) is 28.9 Å². The van der Waals surface area contributed by atoms with Crippen LogP contribution in [0.2, 0.25) is 5.02 Å². The Balaban J connectivity index is 1.85. The molecule has 2 aromatic rings. The van der Waals surface area contributed by atoms with Gasteiger partial charge in [-0.05, 0) is 31.0 Å². The van der Waals surface area contributed by atoms with Gasteiger partial charge in [0, 0.05) is 23.7 Å². The number of aromatic nitrogens is 1. The van der Waals surface area contributed by atoms with Crippen molar-refractivity contribution in [3.8, 4) is 11.3 Å². The van der Waals surface area contributed by atoms with Gasteiger partial charge < -0.3 is 15.2 Å². The van der Waals surface area contributed by atoms with Gasteiger partial charge in [0.05, 0.1) is 0 Å². The van der Waals surface area contributed by atoms with E-state index in [-0.39, 0.29) is 5.91 Å². The molecule has 0 saturated carbocycles. The molecule has 3 rings (SSSR count). The van der Waals surface area contributed by atoms with Crippen LogP contribution in [-0.2, 0) is 0 Å². The average Bonchev–Trinajstić information content (AvgIpc) is 3.16. The molecule has 0 aliphatic carbocycles. The topological polar surface area (TPSA) is 72.4 Å². The number of amides is 1. The molecular weight excluding hydrogens is 290 g/mol. The first-order valence-electron chi connectivity index (χ1n) is 6.88. The van der Waals surface area contributed by atoms with Gasteiger partial charge in [0.2, 0.25) is 0 Å². The molecule has 1 amide bonds. The molecular formula is C15H16ClN3O2. The zero-order valence-corrected chi connectivity index (χ0v) is 12.2. The number of hydrogen-bond acceptors (Lipinski definition) is 4. The van der Waals surface area contributed by atoms with E-state index in [0.29, 0.717) is 35.3 Å². The van der Waals surface area contributed by atoms with E-state index in [9.17, 15) is 4.79 Å². The summed E-state index contributed by atoms with van der Waals surface area (Å²) in [5.74, 6) is 0.324. The molecule has 2 N–H and O–H groups in total. The highest BCUT2D eigenvalue weighted by molar-refractivity contribution is 6.30. The van der Waals surface area contributed by atoms with E-state index < -0.39 is 0 Å². The highest BCUT2D eigenvalue weighted by Gasteiger charge is 2.29. The summed E-state index contributed by atoms with van der Waals surface area (Å²) < 4.78 is 5.01. The Hall–Kier alpha value is -1.85. The van der Waals surface area contributed by atoms with Crippen molar-refractivity contribution in [3.05, 3.63) is 41.1 Å². The van der Waals surface area contributed by atoms with Crippen molar-refractivity contribution in [1.29, 1.82) is 0 Å². The monoisotopic (exact) mass is 305 g/mol. The van der Waals surface area contributed by atoms with E-state index in [1.807, 2.05) is 17.0 Å². The molecule has 1 aromatic carbocycles. The highest BCUT2D eigenvalue weighted by Crippen LogP contribution is 2.26. The third-order valence-electron chi connectivity index (χ3n) is 3.82. The van der Waals surface area contributed by atoms with Gasteiger partial charge in [-0.25, -0.2) is 0 Å². The minimum Gasteiger partial charge on any atom is -0.363 e. The smallest absolute Gasteiger partial charge is 0.259 e. The number of rotatable bonds is 3. The van der Waals surface area contributed by atoms with E-state index in [4.69, 9.17) is 21.9 Å². The van der Waals surface area contributed by atoms with Crippen LogP contribution in [0.15, 0.2) is 35.1 Å². The van der Waals surface area contributed by atoms with Crippen LogP contribution in [0.3, 0.4) is 0 Å². The molecule has 1 aliphatic heterocycles. The fourth-order valence-corrected chi connectivity index (χ4v) is 2.71. The molecule has 1 saturated heterocycles. The second kappa shape index (κ2) is 5.87. The zero-order chi connectivity index (χ0) is 14.8. The van der Waals surface area contributed by atoms with E-state index >= 15 is 0 Å². The summed E-state index contributed by atoms with van der Waals surface area (Å²) in [6.07, 6.45) is 2.35. The molecule has 21 heavy (non-hydrogen) atoms. The standard InChI is InChI=1S/C15H16ClN3O2/c16-12-3-1-11(2-4-12)14-13(9-21-18-14)15(20)19-6-5-10(7-17)8-19/h1-4,9-10H,5-8,17H2/t10-/m1/s1. The Labute approximate surface area is 127 Å². The normalized spacial score (nSPS) is 18.2. The van der Waals surface area contributed by atoms with Crippen molar-refractivity contribution < 1.29 is 9.32 Å². The van der Waals surface area contributed by atoms with Gasteiger partial charge in [0.15, 0.2) is 0 Å². The number of likely N-dealkylation sites (tertiary alicyclic amines) is 1. The molecule has 6 heteroatoms. The Bertz CT molecular complexity index is 639. The number of benzene rings is 1. The molecule has 1 aromatic heterocycles. The lowest BCUT2D eigenvalue weighted by Crippen LogP contribution is -2.29. The van der Waals surface area contributed by atoms with Crippen LogP contribution in [0, 0.1) is 5.92 Å². The highest BCUT2D eigenvalue weighted by atomic mass is 35.5. The minimum atomic E-state index is -0.0582. The fraction of sp³-hybridized carbons (Fsp3) is 0.333. The van der Waals surface area contributed by atoms with Crippen LogP contribution in [0.4, 0.5) is 0 Å². The molecule has 1 atom stereocenters. The molecule has 1 aliphatic rings. The van der Waals surface area contributed by atoms with Crippen LogP contribution >= 0.6 is 11.6 Å². The number of carbonyl (C=O) groups excluding carboxylic acids is 1. The number of hydrogen-bond donors (Lipinski definition) is 1. The largest absolute Gasteiger partial charge is 0.363 e. The number of nitrogens with two attached hydrogens (primary N) is 1. The Kier molecular flexibility index (Phi) is 3.94. The maximum Gasteiger partial charge on any atom is 0.259 e. The number of carbonyl (C=O) groups is 1. The Morgan fingerprint density at radius 3 is 2.86 bits per heavy atom. The summed E-state index contributed by atoms with van der Waals surface area (Å²) in [7, 11) is 0. The predicted molar refractivity (Wildman–Crippen MR) is 80.0 cm³/mol. The Morgan fingerprint density at radius 2 is 2.19 bits per heavy atom. The van der Waals surface area contributed by atoms with Crippen LogP contribution < -0.4 is 5.73 Å². The summed E-state index contributed by atoms with van der Waals surface area (Å²) in [5.41, 5.74) is 7.51. The third kappa shape index (κ3) is 2.80. The average molecular weight is 306 g/mol. The zero-order valence-electron chi connectivity index (χ0n) is 11.5. The predicted octanol–water partition coefficient (Wildman–Crippen LogP) is 2.42. The van der Waals surface area contributed by atoms with Crippen molar-refractivity contribution in [2.24, 2.45) is 11.7 Å². The van der Waals surface area contributed by atoms with Crippen LogP contribution in [-0.4, -0.2) is 35.6 Å². The molecule has 5 nitrogen and oxygen atoms in total. The first kappa shape index (κ1) is 14.1. The maximum absolute atomic E-state index is 12.6. The second-order valence-electron chi connectivity index (χ2n) is 5.23. The Morgan fingerprint density at radius 1 is 1.43 bits per heavy atom. The molecule has 1 fully saturated rings. The maximum atomic E-state index is 12.6. The van der Waals surface area contributed by atoms with Gasteiger partial charge in [0.25, 0.3) is 5.91 Å². The lowest BCUT2D eigenvalue weighted by Gasteiger charge is -2.15. The molecule has 2 heterocycles. The number of nitrogens with zero attached hydrogens (tertiary/aromatic N) is 2. The SMILES string of the molecule is NC[C@H]1CCN(C(=O)c2conc2-c2ccc(Cl)cc2)C1. The summed E-state index contributed by atoms with van der Waals surface area (Å²) in [6.45, 7) is 2.03. The van der Waals surface area contributed by atoms with Crippen molar-refractivity contribution in [2.45, 2.75) is 6.42 Å². The van der Waals surface area contributed by atoms with Crippen molar-refractivity contribution in [1.82, 2.24) is 10.1 Å². The third-order valence-corrected chi connectivity index (χ3v) is 4.08. The lowest BCUT2D eigenvalue weighted by molar-refractivity contribution is 0.0787. The minimum absolute atomic E-state index is 0.0582. The van der Waals surface area contributed by atoms with Crippen LogP contribution in [0.1, 0.15) is 16.8 Å². The second-order valence-corrected chi connectivity index (χ2v) is 5.66. The van der Waals surface area contributed by atoms with E-state index in [1.54, 1.807) is 12.1 Å². The fourth-order valence-electron chi connectivity index (χ4n) is 2.58. The van der Waals surface area contributed by atoms with Crippen molar-refractivity contribution in [2.75, 3.05) is 19.6 Å². The summed E-state index contributed by atoms with van der Waals surface area (Å²) in [5, 5.41) is 4.60. The lowest BCUT2D eigenvalue weighted by atomic mass is 10.1. The van der Waals surface area contributed by atoms with E-state index in [0.717, 1.165) is 18.5 Å².